The summed E-state index contributed by atoms with van der Waals surface area (Å²) in [5.74, 6) is -0.346. The number of carbonyl (C=O) groups excluding carboxylic acids is 2. The van der Waals surface area contributed by atoms with E-state index in [1.807, 2.05) is 13.8 Å². The highest BCUT2D eigenvalue weighted by Crippen LogP contribution is 2.18. The standard InChI is InChI=1S/C18H27N3O3/c1-3-18(4-2,12-19)21-16(22)13-7-5-8-14(11-13)20-17(23)15-9-6-10-24-15/h5,7-8,11,15H,3-4,6,9-10,12,19H2,1-2H3,(H,20,23)(H,21,22). The summed E-state index contributed by atoms with van der Waals surface area (Å²) in [4.78, 5) is 24.6. The van der Waals surface area contributed by atoms with E-state index in [4.69, 9.17) is 10.5 Å². The van der Waals surface area contributed by atoms with Crippen LogP contribution in [0, 0.1) is 0 Å². The van der Waals surface area contributed by atoms with Gasteiger partial charge in [0.2, 0.25) is 0 Å². The van der Waals surface area contributed by atoms with Gasteiger partial charge in [0.25, 0.3) is 11.8 Å². The van der Waals surface area contributed by atoms with Crippen molar-refractivity contribution in [1.82, 2.24) is 5.32 Å². The van der Waals surface area contributed by atoms with E-state index in [1.165, 1.54) is 0 Å². The Morgan fingerprint density at radius 1 is 1.33 bits per heavy atom. The summed E-state index contributed by atoms with van der Waals surface area (Å²) >= 11 is 0. The van der Waals surface area contributed by atoms with Gasteiger partial charge in [-0.25, -0.2) is 0 Å². The molecule has 1 heterocycles. The maximum Gasteiger partial charge on any atom is 0.253 e. The summed E-state index contributed by atoms with van der Waals surface area (Å²) in [7, 11) is 0. The van der Waals surface area contributed by atoms with Gasteiger partial charge in [-0.1, -0.05) is 19.9 Å². The Labute approximate surface area is 143 Å². The lowest BCUT2D eigenvalue weighted by atomic mass is 9.92. The predicted octanol–water partition coefficient (Wildman–Crippen LogP) is 2.05. The number of benzene rings is 1. The van der Waals surface area contributed by atoms with Crippen LogP contribution in [0.5, 0.6) is 0 Å². The SMILES string of the molecule is CCC(CC)(CN)NC(=O)c1cccc(NC(=O)C2CCCO2)c1. The zero-order valence-electron chi connectivity index (χ0n) is 14.4. The van der Waals surface area contributed by atoms with Crippen molar-refractivity contribution in [3.63, 3.8) is 0 Å². The third-order valence-corrected chi connectivity index (χ3v) is 4.74. The van der Waals surface area contributed by atoms with Crippen LogP contribution in [0.2, 0.25) is 0 Å². The highest BCUT2D eigenvalue weighted by atomic mass is 16.5. The molecule has 1 unspecified atom stereocenters. The summed E-state index contributed by atoms with van der Waals surface area (Å²) in [6, 6.07) is 6.92. The number of anilines is 1. The van der Waals surface area contributed by atoms with Crippen LogP contribution < -0.4 is 16.4 Å². The molecule has 0 aromatic heterocycles. The monoisotopic (exact) mass is 333 g/mol. The van der Waals surface area contributed by atoms with Gasteiger partial charge in [0, 0.05) is 24.4 Å². The average Bonchev–Trinajstić information content (AvgIpc) is 3.15. The lowest BCUT2D eigenvalue weighted by Gasteiger charge is -2.31. The second-order valence-corrected chi connectivity index (χ2v) is 6.22. The second kappa shape index (κ2) is 8.26. The molecule has 6 heteroatoms. The molecule has 1 aromatic rings. The maximum atomic E-state index is 12.5. The molecule has 0 bridgehead atoms. The van der Waals surface area contributed by atoms with Crippen molar-refractivity contribution < 1.29 is 14.3 Å². The zero-order chi connectivity index (χ0) is 17.6. The molecule has 4 N–H and O–H groups in total. The topological polar surface area (TPSA) is 93.5 Å². The van der Waals surface area contributed by atoms with Gasteiger partial charge < -0.3 is 21.1 Å². The van der Waals surface area contributed by atoms with Gasteiger partial charge in [-0.2, -0.15) is 0 Å². The molecule has 132 valence electrons. The number of rotatable bonds is 7. The van der Waals surface area contributed by atoms with Gasteiger partial charge in [0.1, 0.15) is 6.10 Å². The first-order valence-electron chi connectivity index (χ1n) is 8.58. The molecule has 1 aromatic carbocycles. The van der Waals surface area contributed by atoms with E-state index in [9.17, 15) is 9.59 Å². The summed E-state index contributed by atoms with van der Waals surface area (Å²) in [5.41, 5.74) is 6.53. The Morgan fingerprint density at radius 2 is 2.08 bits per heavy atom. The molecule has 0 spiro atoms. The molecule has 0 radical (unpaired) electrons. The number of hydrogen-bond donors (Lipinski definition) is 3. The third kappa shape index (κ3) is 4.33. The van der Waals surface area contributed by atoms with Crippen LogP contribution in [0.15, 0.2) is 24.3 Å². The summed E-state index contributed by atoms with van der Waals surface area (Å²) < 4.78 is 5.37. The molecule has 1 atom stereocenters. The van der Waals surface area contributed by atoms with Gasteiger partial charge in [0.15, 0.2) is 0 Å². The van der Waals surface area contributed by atoms with Gasteiger partial charge in [-0.15, -0.1) is 0 Å². The van der Waals surface area contributed by atoms with Crippen molar-refractivity contribution in [2.24, 2.45) is 5.73 Å². The number of hydrogen-bond acceptors (Lipinski definition) is 4. The van der Waals surface area contributed by atoms with Crippen molar-refractivity contribution >= 4 is 17.5 Å². The Kier molecular flexibility index (Phi) is 6.34. The largest absolute Gasteiger partial charge is 0.368 e. The summed E-state index contributed by atoms with van der Waals surface area (Å²) in [6.45, 7) is 5.03. The highest BCUT2D eigenvalue weighted by molar-refractivity contribution is 5.98. The van der Waals surface area contributed by atoms with Crippen LogP contribution in [-0.2, 0) is 9.53 Å². The summed E-state index contributed by atoms with van der Waals surface area (Å²) in [6.07, 6.45) is 2.77. The molecule has 1 aliphatic heterocycles. The molecule has 0 aliphatic carbocycles. The van der Waals surface area contributed by atoms with Crippen molar-refractivity contribution in [2.75, 3.05) is 18.5 Å². The fraction of sp³-hybridized carbons (Fsp3) is 0.556. The third-order valence-electron chi connectivity index (χ3n) is 4.74. The second-order valence-electron chi connectivity index (χ2n) is 6.22. The number of nitrogens with two attached hydrogens (primary N) is 1. The van der Waals surface area contributed by atoms with Crippen LogP contribution in [0.1, 0.15) is 49.9 Å². The summed E-state index contributed by atoms with van der Waals surface area (Å²) in [5, 5.41) is 5.85. The predicted molar refractivity (Wildman–Crippen MR) is 93.9 cm³/mol. The van der Waals surface area contributed by atoms with Crippen LogP contribution in [0.25, 0.3) is 0 Å². The maximum absolute atomic E-state index is 12.5. The quantitative estimate of drug-likeness (QED) is 0.712. The number of ether oxygens (including phenoxy) is 1. The van der Waals surface area contributed by atoms with Gasteiger partial charge in [-0.05, 0) is 43.9 Å². The number of nitrogens with one attached hydrogen (secondary N) is 2. The first-order chi connectivity index (χ1) is 11.5. The van der Waals surface area contributed by atoms with E-state index >= 15 is 0 Å². The lowest BCUT2D eigenvalue weighted by Crippen LogP contribution is -2.52. The molecule has 1 fully saturated rings. The van der Waals surface area contributed by atoms with E-state index in [-0.39, 0.29) is 11.8 Å². The normalized spacial score (nSPS) is 17.5. The van der Waals surface area contributed by atoms with Crippen molar-refractivity contribution in [1.29, 1.82) is 0 Å². The van der Waals surface area contributed by atoms with Gasteiger partial charge >= 0.3 is 0 Å². The number of amides is 2. The average molecular weight is 333 g/mol. The van der Waals surface area contributed by atoms with Crippen molar-refractivity contribution in [2.45, 2.75) is 51.2 Å². The molecule has 0 saturated carbocycles. The van der Waals surface area contributed by atoms with Crippen molar-refractivity contribution in [3.8, 4) is 0 Å². The highest BCUT2D eigenvalue weighted by Gasteiger charge is 2.27. The van der Waals surface area contributed by atoms with Crippen LogP contribution in [-0.4, -0.2) is 36.6 Å². The zero-order valence-corrected chi connectivity index (χ0v) is 14.4. The fourth-order valence-corrected chi connectivity index (χ4v) is 2.82. The Balaban J connectivity index is 2.06. The van der Waals surface area contributed by atoms with E-state index in [1.54, 1.807) is 24.3 Å². The van der Waals surface area contributed by atoms with E-state index in [2.05, 4.69) is 10.6 Å². The Morgan fingerprint density at radius 3 is 2.67 bits per heavy atom. The number of carbonyl (C=O) groups is 2. The Bertz CT molecular complexity index is 570. The first kappa shape index (κ1) is 18.4. The van der Waals surface area contributed by atoms with Crippen LogP contribution >= 0.6 is 0 Å². The van der Waals surface area contributed by atoms with Gasteiger partial charge in [0.05, 0.1) is 5.54 Å². The van der Waals surface area contributed by atoms with Crippen LogP contribution in [0.4, 0.5) is 5.69 Å². The fourth-order valence-electron chi connectivity index (χ4n) is 2.82. The molecule has 24 heavy (non-hydrogen) atoms. The minimum Gasteiger partial charge on any atom is -0.368 e. The van der Waals surface area contributed by atoms with Gasteiger partial charge in [-0.3, -0.25) is 9.59 Å². The minimum absolute atomic E-state index is 0.163. The first-order valence-corrected chi connectivity index (χ1v) is 8.58. The molecule has 6 nitrogen and oxygen atoms in total. The lowest BCUT2D eigenvalue weighted by molar-refractivity contribution is -0.124. The molecule has 2 rings (SSSR count). The molecular weight excluding hydrogens is 306 g/mol. The Hall–Kier alpha value is -1.92. The van der Waals surface area contributed by atoms with E-state index in [0.717, 1.165) is 25.7 Å². The molecule has 1 aliphatic rings. The van der Waals surface area contributed by atoms with Crippen LogP contribution in [0.3, 0.4) is 0 Å². The molecule has 2 amide bonds. The molecule has 1 saturated heterocycles. The van der Waals surface area contributed by atoms with Crippen molar-refractivity contribution in [3.05, 3.63) is 29.8 Å². The minimum atomic E-state index is -0.396. The van der Waals surface area contributed by atoms with E-state index in [0.29, 0.717) is 24.4 Å². The smallest absolute Gasteiger partial charge is 0.253 e. The van der Waals surface area contributed by atoms with E-state index < -0.39 is 11.6 Å². The molecular formula is C18H27N3O3.